The summed E-state index contributed by atoms with van der Waals surface area (Å²) in [5.74, 6) is -0.332. The highest BCUT2D eigenvalue weighted by Gasteiger charge is 2.31. The molecule has 0 aliphatic rings. The van der Waals surface area contributed by atoms with E-state index in [1.807, 2.05) is 20.8 Å². The van der Waals surface area contributed by atoms with Crippen molar-refractivity contribution in [2.75, 3.05) is 10.6 Å². The Bertz CT molecular complexity index is 1040. The van der Waals surface area contributed by atoms with E-state index in [9.17, 15) is 14.4 Å². The molecule has 3 aromatic rings. The minimum Gasteiger partial charge on any atom is -0.360 e. The molecule has 0 radical (unpaired) electrons. The highest BCUT2D eigenvalue weighted by molar-refractivity contribution is 5.94. The lowest BCUT2D eigenvalue weighted by atomic mass is 9.91. The summed E-state index contributed by atoms with van der Waals surface area (Å²) >= 11 is 0. The van der Waals surface area contributed by atoms with E-state index >= 15 is 0 Å². The zero-order chi connectivity index (χ0) is 20.3. The maximum Gasteiger partial charge on any atom is 0.254 e. The summed E-state index contributed by atoms with van der Waals surface area (Å²) in [6.45, 7) is 5.73. The van der Waals surface area contributed by atoms with Crippen molar-refractivity contribution in [3.63, 3.8) is 0 Å². The molecule has 1 atom stereocenters. The monoisotopic (exact) mass is 379 g/mol. The van der Waals surface area contributed by atoms with Gasteiger partial charge in [0.2, 0.25) is 0 Å². The number of hydrogen-bond donors (Lipinski definition) is 3. The zero-order valence-electron chi connectivity index (χ0n) is 15.8. The van der Waals surface area contributed by atoms with Gasteiger partial charge in [0.25, 0.3) is 16.8 Å². The smallest absolute Gasteiger partial charge is 0.254 e. The van der Waals surface area contributed by atoms with Gasteiger partial charge in [0, 0.05) is 24.0 Å². The topological polar surface area (TPSA) is 113 Å². The van der Waals surface area contributed by atoms with Crippen molar-refractivity contribution in [1.29, 1.82) is 0 Å². The van der Waals surface area contributed by atoms with Crippen LogP contribution in [0.5, 0.6) is 0 Å². The van der Waals surface area contributed by atoms with Crippen LogP contribution in [0.2, 0.25) is 0 Å². The predicted molar refractivity (Wildman–Crippen MR) is 107 cm³/mol. The number of anilines is 3. The second-order valence-electron chi connectivity index (χ2n) is 7.43. The molecule has 0 saturated carbocycles. The van der Waals surface area contributed by atoms with E-state index in [2.05, 4.69) is 25.9 Å². The van der Waals surface area contributed by atoms with Gasteiger partial charge < -0.3 is 16.0 Å². The summed E-state index contributed by atoms with van der Waals surface area (Å²) in [6, 6.07) is 6.77. The third-order valence-corrected chi connectivity index (χ3v) is 4.20. The number of aromatic nitrogens is 2. The van der Waals surface area contributed by atoms with Crippen molar-refractivity contribution < 1.29 is 4.79 Å². The molecule has 144 valence electrons. The van der Waals surface area contributed by atoms with E-state index in [0.717, 1.165) is 0 Å². The second-order valence-corrected chi connectivity index (χ2v) is 7.43. The quantitative estimate of drug-likeness (QED) is 0.444. The summed E-state index contributed by atoms with van der Waals surface area (Å²) in [4.78, 5) is 44.6. The van der Waals surface area contributed by atoms with E-state index < -0.39 is 22.4 Å². The molecule has 3 rings (SSSR count). The zero-order valence-corrected chi connectivity index (χ0v) is 15.8. The normalized spacial score (nSPS) is 12.4. The summed E-state index contributed by atoms with van der Waals surface area (Å²) in [5, 5.41) is 8.79. The van der Waals surface area contributed by atoms with Crippen LogP contribution >= 0.6 is 0 Å². The number of nitrogens with zero attached hydrogens (tertiary/aromatic N) is 2. The minimum absolute atomic E-state index is 0.139. The number of carbonyl (C=O) groups is 1. The van der Waals surface area contributed by atoms with Gasteiger partial charge in [0.05, 0.1) is 17.4 Å². The summed E-state index contributed by atoms with van der Waals surface area (Å²) < 4.78 is 0. The minimum atomic E-state index is -0.628. The molecule has 28 heavy (non-hydrogen) atoms. The Morgan fingerprint density at radius 2 is 1.61 bits per heavy atom. The standard InChI is InChI=1S/C20H21N5O3/c1-20(2,3)19(25-18(28)12-6-4-8-21-10-12)24-15-14(16(26)17(15)27)23-13-7-5-9-22-11-13/h4-11,19,23-24H,1-3H3,(H,25,28). The van der Waals surface area contributed by atoms with Crippen LogP contribution < -0.4 is 26.8 Å². The fraction of sp³-hybridized carbons (Fsp3) is 0.250. The molecule has 1 amide bonds. The van der Waals surface area contributed by atoms with Crippen LogP contribution in [0.3, 0.4) is 0 Å². The lowest BCUT2D eigenvalue weighted by Gasteiger charge is -2.33. The van der Waals surface area contributed by atoms with Crippen LogP contribution in [0.25, 0.3) is 0 Å². The SMILES string of the molecule is CC(C)(C)C(NC(=O)c1cccnc1)Nc1c(Nc2cccnc2)c(=O)c1=O. The molecule has 0 saturated heterocycles. The highest BCUT2D eigenvalue weighted by atomic mass is 16.2. The second kappa shape index (κ2) is 7.59. The average Bonchev–Trinajstić information content (AvgIpc) is 2.69. The van der Waals surface area contributed by atoms with E-state index in [1.165, 1.54) is 6.20 Å². The van der Waals surface area contributed by atoms with Crippen LogP contribution in [0.15, 0.2) is 58.6 Å². The fourth-order valence-electron chi connectivity index (χ4n) is 2.55. The Morgan fingerprint density at radius 3 is 2.18 bits per heavy atom. The molecular weight excluding hydrogens is 358 g/mol. The van der Waals surface area contributed by atoms with Crippen molar-refractivity contribution >= 4 is 23.0 Å². The van der Waals surface area contributed by atoms with Crippen molar-refractivity contribution in [3.05, 3.63) is 75.1 Å². The molecule has 0 fully saturated rings. The maximum absolute atomic E-state index is 12.5. The maximum atomic E-state index is 12.5. The Balaban J connectivity index is 1.83. The molecule has 0 spiro atoms. The van der Waals surface area contributed by atoms with E-state index in [4.69, 9.17) is 0 Å². The first-order chi connectivity index (χ1) is 13.3. The highest BCUT2D eigenvalue weighted by Crippen LogP contribution is 2.25. The van der Waals surface area contributed by atoms with Gasteiger partial charge in [-0.3, -0.25) is 24.4 Å². The molecule has 0 aliphatic heterocycles. The Kier molecular flexibility index (Phi) is 5.21. The average molecular weight is 379 g/mol. The van der Waals surface area contributed by atoms with E-state index in [1.54, 1.807) is 42.9 Å². The van der Waals surface area contributed by atoms with Gasteiger partial charge in [-0.05, 0) is 24.3 Å². The first kappa shape index (κ1) is 19.2. The van der Waals surface area contributed by atoms with Crippen molar-refractivity contribution in [2.45, 2.75) is 26.9 Å². The van der Waals surface area contributed by atoms with Crippen LogP contribution in [-0.4, -0.2) is 22.0 Å². The lowest BCUT2D eigenvalue weighted by molar-refractivity contribution is 0.0913. The van der Waals surface area contributed by atoms with E-state index in [-0.39, 0.29) is 17.3 Å². The first-order valence-corrected chi connectivity index (χ1v) is 8.75. The van der Waals surface area contributed by atoms with Gasteiger partial charge in [-0.25, -0.2) is 0 Å². The largest absolute Gasteiger partial charge is 0.360 e. The number of carbonyl (C=O) groups excluding carboxylic acids is 1. The number of amides is 1. The Labute approximate surface area is 161 Å². The molecule has 0 aliphatic carbocycles. The van der Waals surface area contributed by atoms with Crippen LogP contribution in [0.1, 0.15) is 31.1 Å². The van der Waals surface area contributed by atoms with Crippen LogP contribution in [0, 0.1) is 5.41 Å². The third-order valence-electron chi connectivity index (χ3n) is 4.20. The van der Waals surface area contributed by atoms with E-state index in [0.29, 0.717) is 11.3 Å². The van der Waals surface area contributed by atoms with Crippen molar-refractivity contribution in [2.24, 2.45) is 5.41 Å². The molecule has 0 bridgehead atoms. The molecule has 8 heteroatoms. The third kappa shape index (κ3) is 4.06. The number of hydrogen-bond acceptors (Lipinski definition) is 7. The van der Waals surface area contributed by atoms with Gasteiger partial charge in [-0.2, -0.15) is 0 Å². The van der Waals surface area contributed by atoms with Crippen LogP contribution in [-0.2, 0) is 0 Å². The Hall–Kier alpha value is -3.55. The molecule has 1 aromatic carbocycles. The fourth-order valence-corrected chi connectivity index (χ4v) is 2.55. The summed E-state index contributed by atoms with van der Waals surface area (Å²) in [5.41, 5.74) is -0.401. The number of rotatable bonds is 6. The number of pyridine rings is 2. The lowest BCUT2D eigenvalue weighted by Crippen LogP contribution is -2.51. The number of nitrogens with one attached hydrogen (secondary N) is 3. The van der Waals surface area contributed by atoms with Gasteiger partial charge in [0.15, 0.2) is 0 Å². The van der Waals surface area contributed by atoms with Gasteiger partial charge in [-0.15, -0.1) is 0 Å². The Morgan fingerprint density at radius 1 is 0.964 bits per heavy atom. The molecule has 8 nitrogen and oxygen atoms in total. The first-order valence-electron chi connectivity index (χ1n) is 8.75. The molecule has 3 N–H and O–H groups in total. The van der Waals surface area contributed by atoms with Crippen molar-refractivity contribution in [3.8, 4) is 0 Å². The van der Waals surface area contributed by atoms with Crippen molar-refractivity contribution in [1.82, 2.24) is 15.3 Å². The van der Waals surface area contributed by atoms with Crippen LogP contribution in [0.4, 0.5) is 17.1 Å². The summed E-state index contributed by atoms with van der Waals surface area (Å²) in [7, 11) is 0. The van der Waals surface area contributed by atoms with Gasteiger partial charge in [0.1, 0.15) is 17.5 Å². The predicted octanol–water partition coefficient (Wildman–Crippen LogP) is 2.03. The molecular formula is C20H21N5O3. The molecule has 1 unspecified atom stereocenters. The van der Waals surface area contributed by atoms with Gasteiger partial charge >= 0.3 is 0 Å². The molecule has 2 heterocycles. The summed E-state index contributed by atoms with van der Waals surface area (Å²) in [6.07, 6.45) is 5.60. The molecule has 2 aromatic heterocycles. The van der Waals surface area contributed by atoms with Gasteiger partial charge in [-0.1, -0.05) is 20.8 Å².